The van der Waals surface area contributed by atoms with Gasteiger partial charge in [0.1, 0.15) is 5.82 Å². The van der Waals surface area contributed by atoms with Gasteiger partial charge in [-0.05, 0) is 24.3 Å². The van der Waals surface area contributed by atoms with Crippen LogP contribution < -0.4 is 0 Å². The van der Waals surface area contributed by atoms with Crippen molar-refractivity contribution < 1.29 is 4.39 Å². The molecule has 1 aromatic carbocycles. The van der Waals surface area contributed by atoms with Crippen molar-refractivity contribution in [2.24, 2.45) is 0 Å². The second-order valence-corrected chi connectivity index (χ2v) is 3.02. The first-order chi connectivity index (χ1) is 6.25. The van der Waals surface area contributed by atoms with E-state index >= 15 is 0 Å². The fraction of sp³-hybridized carbons (Fsp3) is 0. The van der Waals surface area contributed by atoms with E-state index in [1.54, 1.807) is 24.3 Å². The summed E-state index contributed by atoms with van der Waals surface area (Å²) in [6, 6.07) is 7.02. The quantitative estimate of drug-likeness (QED) is 0.747. The van der Waals surface area contributed by atoms with Gasteiger partial charge in [-0.15, -0.1) is 0 Å². The van der Waals surface area contributed by atoms with Gasteiger partial charge in [-0.3, -0.25) is 0 Å². The zero-order valence-electron chi connectivity index (χ0n) is 6.59. The monoisotopic (exact) mass is 196 g/mol. The number of H-pyrrole nitrogens is 1. The molecule has 0 atom stereocenters. The van der Waals surface area contributed by atoms with Gasteiger partial charge in [-0.1, -0.05) is 11.6 Å². The minimum Gasteiger partial charge on any atom is -0.315 e. The summed E-state index contributed by atoms with van der Waals surface area (Å²) >= 11 is 5.70. The Bertz CT molecular complexity index is 408. The van der Waals surface area contributed by atoms with Crippen LogP contribution in [0.1, 0.15) is 0 Å². The molecule has 0 saturated carbocycles. The molecule has 2 nitrogen and oxygen atoms in total. The first-order valence-electron chi connectivity index (χ1n) is 3.72. The number of rotatable bonds is 1. The highest BCUT2D eigenvalue weighted by atomic mass is 35.5. The molecule has 0 unspecified atom stereocenters. The third-order valence-electron chi connectivity index (χ3n) is 1.66. The van der Waals surface area contributed by atoms with Crippen molar-refractivity contribution in [2.75, 3.05) is 0 Å². The number of nitrogens with one attached hydrogen (secondary N) is 1. The van der Waals surface area contributed by atoms with Crippen molar-refractivity contribution in [1.29, 1.82) is 0 Å². The Hall–Kier alpha value is -1.35. The highest BCUT2D eigenvalue weighted by Crippen LogP contribution is 2.17. The number of halogens is 2. The SMILES string of the molecule is Fc1cnc(-c2ccc(Cl)cc2)[nH]1. The summed E-state index contributed by atoms with van der Waals surface area (Å²) in [6.07, 6.45) is 1.14. The highest BCUT2D eigenvalue weighted by Gasteiger charge is 2.01. The summed E-state index contributed by atoms with van der Waals surface area (Å²) in [6.45, 7) is 0. The molecule has 2 rings (SSSR count). The van der Waals surface area contributed by atoms with E-state index in [1.807, 2.05) is 0 Å². The van der Waals surface area contributed by atoms with Gasteiger partial charge < -0.3 is 4.98 Å². The second-order valence-electron chi connectivity index (χ2n) is 2.59. The number of hydrogen-bond acceptors (Lipinski definition) is 1. The summed E-state index contributed by atoms with van der Waals surface area (Å²) in [7, 11) is 0. The van der Waals surface area contributed by atoms with Gasteiger partial charge in [0.05, 0.1) is 6.20 Å². The molecule has 4 heteroatoms. The molecule has 0 aliphatic carbocycles. The summed E-state index contributed by atoms with van der Waals surface area (Å²) < 4.78 is 12.5. The lowest BCUT2D eigenvalue weighted by Crippen LogP contribution is -1.79. The van der Waals surface area contributed by atoms with Crippen LogP contribution in [-0.2, 0) is 0 Å². The van der Waals surface area contributed by atoms with E-state index in [9.17, 15) is 4.39 Å². The van der Waals surface area contributed by atoms with Crippen LogP contribution >= 0.6 is 11.6 Å². The van der Waals surface area contributed by atoms with Crippen molar-refractivity contribution >= 4 is 11.6 Å². The van der Waals surface area contributed by atoms with Crippen molar-refractivity contribution in [3.63, 3.8) is 0 Å². The van der Waals surface area contributed by atoms with Crippen LogP contribution in [0.2, 0.25) is 5.02 Å². The Kier molecular flexibility index (Phi) is 2.02. The van der Waals surface area contributed by atoms with Crippen LogP contribution in [0, 0.1) is 5.95 Å². The molecule has 0 amide bonds. The molecule has 0 bridgehead atoms. The molecule has 0 saturated heterocycles. The van der Waals surface area contributed by atoms with Gasteiger partial charge in [-0.2, -0.15) is 4.39 Å². The molecule has 0 fully saturated rings. The third kappa shape index (κ3) is 1.70. The van der Waals surface area contributed by atoms with Crippen LogP contribution in [0.3, 0.4) is 0 Å². The number of benzene rings is 1. The zero-order chi connectivity index (χ0) is 9.26. The minimum atomic E-state index is -0.440. The molecule has 0 aliphatic rings. The predicted octanol–water partition coefficient (Wildman–Crippen LogP) is 2.87. The van der Waals surface area contributed by atoms with Crippen molar-refractivity contribution in [2.45, 2.75) is 0 Å². The van der Waals surface area contributed by atoms with E-state index in [2.05, 4.69) is 9.97 Å². The zero-order valence-corrected chi connectivity index (χ0v) is 7.35. The molecule has 2 aromatic rings. The maximum Gasteiger partial charge on any atom is 0.211 e. The highest BCUT2D eigenvalue weighted by molar-refractivity contribution is 6.30. The molecule has 13 heavy (non-hydrogen) atoms. The smallest absolute Gasteiger partial charge is 0.211 e. The second kappa shape index (κ2) is 3.18. The normalized spacial score (nSPS) is 10.3. The van der Waals surface area contributed by atoms with Gasteiger partial charge in [0.15, 0.2) is 0 Å². The Labute approximate surface area is 79.4 Å². The Morgan fingerprint density at radius 1 is 1.23 bits per heavy atom. The van der Waals surface area contributed by atoms with E-state index < -0.39 is 5.95 Å². The number of aromatic amines is 1. The largest absolute Gasteiger partial charge is 0.315 e. The van der Waals surface area contributed by atoms with Crippen LogP contribution in [0.15, 0.2) is 30.5 Å². The fourth-order valence-electron chi connectivity index (χ4n) is 1.05. The molecule has 0 aliphatic heterocycles. The van der Waals surface area contributed by atoms with Crippen molar-refractivity contribution in [3.05, 3.63) is 41.4 Å². The summed E-state index contributed by atoms with van der Waals surface area (Å²) in [5, 5.41) is 0.649. The maximum atomic E-state index is 12.5. The number of nitrogens with zero attached hydrogens (tertiary/aromatic N) is 1. The molecule has 1 heterocycles. The average Bonchev–Trinajstić information content (AvgIpc) is 2.53. The lowest BCUT2D eigenvalue weighted by molar-refractivity contribution is 0.591. The van der Waals surface area contributed by atoms with Gasteiger partial charge in [0.2, 0.25) is 5.95 Å². The third-order valence-corrected chi connectivity index (χ3v) is 1.91. The first-order valence-corrected chi connectivity index (χ1v) is 4.10. The van der Waals surface area contributed by atoms with Gasteiger partial charge >= 0.3 is 0 Å². The van der Waals surface area contributed by atoms with Crippen LogP contribution in [0.4, 0.5) is 4.39 Å². The standard InChI is InChI=1S/C9H6ClFN2/c10-7-3-1-6(2-4-7)9-12-5-8(11)13-9/h1-5H,(H,12,13). The molecule has 1 N–H and O–H groups in total. The molecule has 0 spiro atoms. The molecular weight excluding hydrogens is 191 g/mol. The average molecular weight is 197 g/mol. The topological polar surface area (TPSA) is 28.7 Å². The van der Waals surface area contributed by atoms with Crippen LogP contribution in [0.25, 0.3) is 11.4 Å². The van der Waals surface area contributed by atoms with Gasteiger partial charge in [0, 0.05) is 10.6 Å². The number of hydrogen-bond donors (Lipinski definition) is 1. The van der Waals surface area contributed by atoms with Crippen molar-refractivity contribution in [3.8, 4) is 11.4 Å². The van der Waals surface area contributed by atoms with Crippen molar-refractivity contribution in [1.82, 2.24) is 9.97 Å². The lowest BCUT2D eigenvalue weighted by atomic mass is 10.2. The number of aromatic nitrogens is 2. The van der Waals surface area contributed by atoms with Crippen LogP contribution in [-0.4, -0.2) is 9.97 Å². The molecule has 66 valence electrons. The summed E-state index contributed by atoms with van der Waals surface area (Å²) in [5.41, 5.74) is 0.813. The van der Waals surface area contributed by atoms with E-state index in [0.717, 1.165) is 11.8 Å². The van der Waals surface area contributed by atoms with Gasteiger partial charge in [0.25, 0.3) is 0 Å². The van der Waals surface area contributed by atoms with Gasteiger partial charge in [-0.25, -0.2) is 4.98 Å². The van der Waals surface area contributed by atoms with E-state index in [0.29, 0.717) is 10.8 Å². The maximum absolute atomic E-state index is 12.5. The number of imidazole rings is 1. The molecule has 1 aromatic heterocycles. The van der Waals surface area contributed by atoms with E-state index in [-0.39, 0.29) is 0 Å². The van der Waals surface area contributed by atoms with E-state index in [1.165, 1.54) is 0 Å². The Morgan fingerprint density at radius 2 is 1.92 bits per heavy atom. The lowest BCUT2D eigenvalue weighted by Gasteiger charge is -1.95. The predicted molar refractivity (Wildman–Crippen MR) is 49.0 cm³/mol. The minimum absolute atomic E-state index is 0.440. The molecule has 0 radical (unpaired) electrons. The fourth-order valence-corrected chi connectivity index (χ4v) is 1.18. The Balaban J connectivity index is 2.41. The Morgan fingerprint density at radius 3 is 2.46 bits per heavy atom. The first kappa shape index (κ1) is 8.26. The summed E-state index contributed by atoms with van der Waals surface area (Å²) in [4.78, 5) is 6.33. The van der Waals surface area contributed by atoms with Crippen LogP contribution in [0.5, 0.6) is 0 Å². The summed E-state index contributed by atoms with van der Waals surface area (Å²) in [5.74, 6) is 0.0686. The van der Waals surface area contributed by atoms with E-state index in [4.69, 9.17) is 11.6 Å². The molecular formula is C9H6ClFN2.